The van der Waals surface area contributed by atoms with Gasteiger partial charge in [0.15, 0.2) is 5.65 Å². The number of nitrogens with one attached hydrogen (secondary N) is 1. The molecule has 0 unspecified atom stereocenters. The van der Waals surface area contributed by atoms with E-state index in [9.17, 15) is 4.79 Å². The van der Waals surface area contributed by atoms with E-state index in [1.165, 1.54) is 4.52 Å². The summed E-state index contributed by atoms with van der Waals surface area (Å²) in [7, 11) is 1.64. The molecule has 0 amide bonds. The number of fused-ring (bicyclic) bond motifs is 1. The van der Waals surface area contributed by atoms with Crippen molar-refractivity contribution in [3.05, 3.63) is 69.9 Å². The molecule has 0 saturated carbocycles. The van der Waals surface area contributed by atoms with Crippen molar-refractivity contribution in [1.29, 1.82) is 0 Å². The van der Waals surface area contributed by atoms with E-state index in [1.807, 2.05) is 48.9 Å². The van der Waals surface area contributed by atoms with Crippen LogP contribution in [0.15, 0.2) is 47.4 Å². The fourth-order valence-electron chi connectivity index (χ4n) is 3.40. The van der Waals surface area contributed by atoms with E-state index in [0.717, 1.165) is 34.0 Å². The van der Waals surface area contributed by atoms with Crippen molar-refractivity contribution in [1.82, 2.24) is 24.4 Å². The fraction of sp³-hybridized carbons (Fsp3) is 0.286. The van der Waals surface area contributed by atoms with Gasteiger partial charge in [-0.15, -0.1) is 0 Å². The molecule has 0 saturated heterocycles. The second-order valence-corrected chi connectivity index (χ2v) is 7.07. The van der Waals surface area contributed by atoms with E-state index in [-0.39, 0.29) is 11.5 Å². The molecular weight excluding hydrogens is 354 g/mol. The Hall–Kier alpha value is -3.35. The van der Waals surface area contributed by atoms with Crippen molar-refractivity contribution in [3.63, 3.8) is 0 Å². The molecule has 1 atom stereocenters. The first-order chi connectivity index (χ1) is 13.5. The Morgan fingerprint density at radius 1 is 1.18 bits per heavy atom. The molecule has 7 heteroatoms. The number of aryl methyl sites for hydroxylation is 2. The van der Waals surface area contributed by atoms with Crippen LogP contribution in [-0.2, 0) is 6.54 Å². The first kappa shape index (κ1) is 18.0. The van der Waals surface area contributed by atoms with Crippen molar-refractivity contribution in [2.24, 2.45) is 0 Å². The Kier molecular flexibility index (Phi) is 4.50. The Bertz CT molecular complexity index is 1180. The summed E-state index contributed by atoms with van der Waals surface area (Å²) in [5.74, 6) is 0.855. The number of ether oxygens (including phenoxy) is 1. The zero-order valence-corrected chi connectivity index (χ0v) is 16.4. The van der Waals surface area contributed by atoms with Crippen LogP contribution in [-0.4, -0.2) is 31.5 Å². The maximum absolute atomic E-state index is 12.7. The van der Waals surface area contributed by atoms with Crippen molar-refractivity contribution in [3.8, 4) is 17.0 Å². The Balaban J connectivity index is 1.74. The molecule has 1 aromatic carbocycles. The highest BCUT2D eigenvalue weighted by Gasteiger charge is 2.17. The van der Waals surface area contributed by atoms with Crippen LogP contribution in [0.2, 0.25) is 0 Å². The molecule has 0 aliphatic rings. The van der Waals surface area contributed by atoms with Gasteiger partial charge in [0, 0.05) is 41.5 Å². The monoisotopic (exact) mass is 377 g/mol. The molecule has 144 valence electrons. The standard InChI is InChI=1S/C21H23N5O2/c1-13(12-25-14(2)9-10-22-25)18-11-19(27)26-21(23-18)15(3)20(24-26)16-5-7-17(28-4)8-6-16/h5-11,13,24H,12H2,1-4H3/t13-/m1/s1. The molecule has 3 aromatic heterocycles. The summed E-state index contributed by atoms with van der Waals surface area (Å²) >= 11 is 0. The molecule has 0 aliphatic heterocycles. The maximum Gasteiger partial charge on any atom is 0.272 e. The van der Waals surface area contributed by atoms with Gasteiger partial charge in [0.05, 0.1) is 18.5 Å². The number of methoxy groups -OCH3 is 1. The fourth-order valence-corrected chi connectivity index (χ4v) is 3.40. The lowest BCUT2D eigenvalue weighted by atomic mass is 10.1. The first-order valence-electron chi connectivity index (χ1n) is 9.23. The molecule has 0 spiro atoms. The van der Waals surface area contributed by atoms with Crippen LogP contribution in [0, 0.1) is 13.8 Å². The summed E-state index contributed by atoms with van der Waals surface area (Å²) in [6, 6.07) is 11.3. The number of aromatic amines is 1. The topological polar surface area (TPSA) is 77.2 Å². The SMILES string of the molecule is COc1ccc(-c2[nH]n3c(=O)cc([C@H](C)Cn4nccc4C)nc3c2C)cc1. The number of rotatable bonds is 5. The largest absolute Gasteiger partial charge is 0.497 e. The lowest BCUT2D eigenvalue weighted by Gasteiger charge is -2.12. The van der Waals surface area contributed by atoms with Crippen LogP contribution >= 0.6 is 0 Å². The first-order valence-corrected chi connectivity index (χ1v) is 9.23. The van der Waals surface area contributed by atoms with Gasteiger partial charge in [0.1, 0.15) is 5.75 Å². The summed E-state index contributed by atoms with van der Waals surface area (Å²) in [6.45, 7) is 6.73. The molecule has 0 fully saturated rings. The molecule has 7 nitrogen and oxygen atoms in total. The van der Waals surface area contributed by atoms with Crippen molar-refractivity contribution >= 4 is 5.65 Å². The van der Waals surface area contributed by atoms with Gasteiger partial charge in [-0.3, -0.25) is 14.6 Å². The van der Waals surface area contributed by atoms with Gasteiger partial charge in [-0.2, -0.15) is 5.10 Å². The van der Waals surface area contributed by atoms with Crippen LogP contribution in [0.1, 0.15) is 29.8 Å². The van der Waals surface area contributed by atoms with Gasteiger partial charge >= 0.3 is 0 Å². The summed E-state index contributed by atoms with van der Waals surface area (Å²) in [5, 5.41) is 7.52. The minimum Gasteiger partial charge on any atom is -0.497 e. The average Bonchev–Trinajstić information content (AvgIpc) is 3.25. The Morgan fingerprint density at radius 2 is 1.93 bits per heavy atom. The highest BCUT2D eigenvalue weighted by Crippen LogP contribution is 2.26. The molecule has 28 heavy (non-hydrogen) atoms. The Labute approximate surface area is 162 Å². The van der Waals surface area contributed by atoms with E-state index in [4.69, 9.17) is 9.72 Å². The van der Waals surface area contributed by atoms with Crippen LogP contribution < -0.4 is 10.3 Å². The van der Waals surface area contributed by atoms with E-state index < -0.39 is 0 Å². The van der Waals surface area contributed by atoms with E-state index >= 15 is 0 Å². The van der Waals surface area contributed by atoms with Crippen molar-refractivity contribution in [2.45, 2.75) is 33.2 Å². The number of benzene rings is 1. The number of hydrogen-bond donors (Lipinski definition) is 1. The third-order valence-corrected chi connectivity index (χ3v) is 5.13. The van der Waals surface area contributed by atoms with Gasteiger partial charge < -0.3 is 4.74 Å². The number of nitrogens with zero attached hydrogens (tertiary/aromatic N) is 4. The molecule has 0 bridgehead atoms. The second-order valence-electron chi connectivity index (χ2n) is 7.07. The van der Waals surface area contributed by atoms with Crippen LogP contribution in [0.4, 0.5) is 0 Å². The zero-order chi connectivity index (χ0) is 19.8. The van der Waals surface area contributed by atoms with E-state index in [2.05, 4.69) is 17.1 Å². The third kappa shape index (κ3) is 3.09. The quantitative estimate of drug-likeness (QED) is 0.579. The lowest BCUT2D eigenvalue weighted by molar-refractivity contribution is 0.415. The van der Waals surface area contributed by atoms with Gasteiger partial charge in [0.2, 0.25) is 0 Å². The van der Waals surface area contributed by atoms with Gasteiger partial charge in [0.25, 0.3) is 5.56 Å². The number of hydrogen-bond acceptors (Lipinski definition) is 4. The molecule has 1 N–H and O–H groups in total. The smallest absolute Gasteiger partial charge is 0.272 e. The molecule has 0 radical (unpaired) electrons. The maximum atomic E-state index is 12.7. The third-order valence-electron chi connectivity index (χ3n) is 5.13. The molecule has 4 rings (SSSR count). The van der Waals surface area contributed by atoms with Crippen molar-refractivity contribution in [2.75, 3.05) is 7.11 Å². The van der Waals surface area contributed by atoms with Crippen LogP contribution in [0.3, 0.4) is 0 Å². The Morgan fingerprint density at radius 3 is 2.57 bits per heavy atom. The van der Waals surface area contributed by atoms with Crippen molar-refractivity contribution < 1.29 is 4.74 Å². The minimum absolute atomic E-state index is 0.0648. The lowest BCUT2D eigenvalue weighted by Crippen LogP contribution is -2.18. The second kappa shape index (κ2) is 6.99. The predicted molar refractivity (Wildman–Crippen MR) is 108 cm³/mol. The van der Waals surface area contributed by atoms with Crippen LogP contribution in [0.25, 0.3) is 16.9 Å². The van der Waals surface area contributed by atoms with Gasteiger partial charge in [-0.25, -0.2) is 9.50 Å². The number of aromatic nitrogens is 5. The minimum atomic E-state index is -0.119. The molecule has 3 heterocycles. The summed E-state index contributed by atoms with van der Waals surface area (Å²) in [5.41, 5.74) is 5.17. The van der Waals surface area contributed by atoms with Gasteiger partial charge in [-0.05, 0) is 44.2 Å². The van der Waals surface area contributed by atoms with E-state index in [0.29, 0.717) is 12.2 Å². The summed E-state index contributed by atoms with van der Waals surface area (Å²) < 4.78 is 8.66. The molecule has 0 aliphatic carbocycles. The molecule has 4 aromatic rings. The normalized spacial score (nSPS) is 12.4. The highest BCUT2D eigenvalue weighted by atomic mass is 16.5. The summed E-state index contributed by atoms with van der Waals surface area (Å²) in [4.78, 5) is 17.5. The average molecular weight is 377 g/mol. The number of H-pyrrole nitrogens is 1. The van der Waals surface area contributed by atoms with Crippen LogP contribution in [0.5, 0.6) is 5.75 Å². The summed E-state index contributed by atoms with van der Waals surface area (Å²) in [6.07, 6.45) is 1.78. The zero-order valence-electron chi connectivity index (χ0n) is 16.4. The van der Waals surface area contributed by atoms with E-state index in [1.54, 1.807) is 19.4 Å². The highest BCUT2D eigenvalue weighted by molar-refractivity contribution is 5.70. The molecular formula is C21H23N5O2. The van der Waals surface area contributed by atoms with Gasteiger partial charge in [-0.1, -0.05) is 6.92 Å². The predicted octanol–water partition coefficient (Wildman–Crippen LogP) is 3.32.